The summed E-state index contributed by atoms with van der Waals surface area (Å²) in [7, 11) is 0. The summed E-state index contributed by atoms with van der Waals surface area (Å²) in [4.78, 5) is 42.7. The highest BCUT2D eigenvalue weighted by atomic mass is 32.1. The average molecular weight is 715 g/mol. The summed E-state index contributed by atoms with van der Waals surface area (Å²) in [6.45, 7) is 10.5. The van der Waals surface area contributed by atoms with Crippen molar-refractivity contribution in [1.82, 2.24) is 15.6 Å². The van der Waals surface area contributed by atoms with Crippen LogP contribution in [0.15, 0.2) is 41.8 Å². The molecule has 1 atom stereocenters. The van der Waals surface area contributed by atoms with Crippen molar-refractivity contribution < 1.29 is 42.1 Å². The highest BCUT2D eigenvalue weighted by Crippen LogP contribution is 2.38. The molecule has 2 aliphatic heterocycles. The van der Waals surface area contributed by atoms with Gasteiger partial charge in [0.05, 0.1) is 37.0 Å². The largest absolute Gasteiger partial charge is 0.484 e. The van der Waals surface area contributed by atoms with E-state index in [9.17, 15) is 18.8 Å². The molecule has 0 bridgehead atoms. The fourth-order valence-corrected chi connectivity index (χ4v) is 6.48. The van der Waals surface area contributed by atoms with E-state index in [1.54, 1.807) is 38.1 Å². The van der Waals surface area contributed by atoms with Crippen LogP contribution in [0.5, 0.6) is 11.5 Å². The van der Waals surface area contributed by atoms with Crippen LogP contribution >= 0.6 is 11.3 Å². The van der Waals surface area contributed by atoms with E-state index >= 15 is 4.39 Å². The number of hydrogen-bond acceptors (Lipinski definition) is 10. The number of benzene rings is 2. The first-order valence-corrected chi connectivity index (χ1v) is 17.6. The highest BCUT2D eigenvalue weighted by Gasteiger charge is 2.29. The molecule has 0 spiro atoms. The Labute approximate surface area is 294 Å². The predicted octanol–water partition coefficient (Wildman–Crippen LogP) is 5.37. The van der Waals surface area contributed by atoms with E-state index in [1.165, 1.54) is 17.4 Å². The van der Waals surface area contributed by atoms with Crippen LogP contribution < -0.4 is 25.0 Å². The number of hydrogen-bond donors (Lipinski definition) is 2. The number of carbonyl (C=O) groups excluding carboxylic acids is 3. The molecule has 0 saturated carbocycles. The number of halogens is 2. The number of anilines is 1. The number of morpholine rings is 1. The lowest BCUT2D eigenvalue weighted by atomic mass is 9.90. The molecule has 50 heavy (non-hydrogen) atoms. The minimum Gasteiger partial charge on any atom is -0.484 e. The Bertz CT molecular complexity index is 1660. The van der Waals surface area contributed by atoms with Gasteiger partial charge >= 0.3 is 0 Å². The molecule has 2 aromatic carbocycles. The Morgan fingerprint density at radius 3 is 2.52 bits per heavy atom. The van der Waals surface area contributed by atoms with Gasteiger partial charge in [-0.2, -0.15) is 4.39 Å². The SMILES string of the molecule is CC(C)(CCNC(=O)COc1ccc(C2CCC(=O)NC2=O)cc1)OCCC(C)(C)Oc1c(-c2csc(N3CCOCC3)n2)ccc(F)c1F. The topological polar surface area (TPSA) is 128 Å². The summed E-state index contributed by atoms with van der Waals surface area (Å²) in [5.41, 5.74) is 0.158. The lowest BCUT2D eigenvalue weighted by Crippen LogP contribution is -2.39. The Morgan fingerprint density at radius 2 is 1.80 bits per heavy atom. The number of amides is 3. The molecular weight excluding hydrogens is 670 g/mol. The summed E-state index contributed by atoms with van der Waals surface area (Å²) in [6, 6.07) is 9.48. The van der Waals surface area contributed by atoms with Gasteiger partial charge in [-0.1, -0.05) is 12.1 Å². The van der Waals surface area contributed by atoms with Crippen molar-refractivity contribution in [3.63, 3.8) is 0 Å². The van der Waals surface area contributed by atoms with Crippen molar-refractivity contribution in [2.75, 3.05) is 51.0 Å². The summed E-state index contributed by atoms with van der Waals surface area (Å²) in [5.74, 6) is -3.03. The maximum Gasteiger partial charge on any atom is 0.257 e. The first kappa shape index (κ1) is 37.1. The molecule has 0 aliphatic carbocycles. The zero-order valence-electron chi connectivity index (χ0n) is 28.8. The third-order valence-corrected chi connectivity index (χ3v) is 9.52. The van der Waals surface area contributed by atoms with Gasteiger partial charge in [0.15, 0.2) is 23.3 Å². The molecule has 2 aliphatic rings. The van der Waals surface area contributed by atoms with E-state index in [2.05, 4.69) is 20.5 Å². The maximum absolute atomic E-state index is 15.2. The first-order valence-electron chi connectivity index (χ1n) is 16.7. The molecule has 14 heteroatoms. The third-order valence-electron chi connectivity index (χ3n) is 8.62. The predicted molar refractivity (Wildman–Crippen MR) is 185 cm³/mol. The molecule has 3 heterocycles. The second-order valence-electron chi connectivity index (χ2n) is 13.5. The smallest absolute Gasteiger partial charge is 0.257 e. The minimum atomic E-state index is -1.07. The molecule has 2 N–H and O–H groups in total. The van der Waals surface area contributed by atoms with E-state index in [0.717, 1.165) is 16.8 Å². The summed E-state index contributed by atoms with van der Waals surface area (Å²) in [6.07, 6.45) is 1.65. The van der Waals surface area contributed by atoms with E-state index in [0.29, 0.717) is 75.5 Å². The van der Waals surface area contributed by atoms with Crippen LogP contribution in [0.3, 0.4) is 0 Å². The zero-order valence-corrected chi connectivity index (χ0v) is 29.6. The van der Waals surface area contributed by atoms with Crippen LogP contribution in [0.25, 0.3) is 11.3 Å². The molecular formula is C36H44F2N4O7S. The first-order chi connectivity index (χ1) is 23.8. The lowest BCUT2D eigenvalue weighted by Gasteiger charge is -2.31. The molecule has 1 unspecified atom stereocenters. The fourth-order valence-electron chi connectivity index (χ4n) is 5.60. The van der Waals surface area contributed by atoms with Gasteiger partial charge in [-0.25, -0.2) is 9.37 Å². The molecule has 2 saturated heterocycles. The summed E-state index contributed by atoms with van der Waals surface area (Å²) >= 11 is 1.43. The van der Waals surface area contributed by atoms with Crippen LogP contribution in [0.4, 0.5) is 13.9 Å². The Kier molecular flexibility index (Phi) is 12.1. The van der Waals surface area contributed by atoms with Gasteiger partial charge in [0, 0.05) is 43.4 Å². The number of rotatable bonds is 15. The van der Waals surface area contributed by atoms with Gasteiger partial charge in [-0.15, -0.1) is 11.3 Å². The molecule has 3 amide bonds. The minimum absolute atomic E-state index is 0.182. The fraction of sp³-hybridized carbons (Fsp3) is 0.500. The zero-order chi connectivity index (χ0) is 35.9. The Morgan fingerprint density at radius 1 is 1.06 bits per heavy atom. The van der Waals surface area contributed by atoms with Crippen molar-refractivity contribution in [3.8, 4) is 22.8 Å². The number of aromatic nitrogens is 1. The molecule has 0 radical (unpaired) electrons. The van der Waals surface area contributed by atoms with Crippen LogP contribution in [-0.2, 0) is 23.9 Å². The number of piperidine rings is 1. The highest BCUT2D eigenvalue weighted by molar-refractivity contribution is 7.14. The second-order valence-corrected chi connectivity index (χ2v) is 14.4. The number of nitrogens with one attached hydrogen (secondary N) is 2. The van der Waals surface area contributed by atoms with E-state index in [-0.39, 0.29) is 42.6 Å². The Balaban J connectivity index is 1.06. The molecule has 5 rings (SSSR count). The van der Waals surface area contributed by atoms with Crippen LogP contribution in [-0.4, -0.2) is 80.0 Å². The van der Waals surface area contributed by atoms with Gasteiger partial charge in [-0.3, -0.25) is 19.7 Å². The van der Waals surface area contributed by atoms with E-state index in [4.69, 9.17) is 18.9 Å². The number of ether oxygens (including phenoxy) is 4. The van der Waals surface area contributed by atoms with Gasteiger partial charge in [0.1, 0.15) is 11.4 Å². The Hall–Kier alpha value is -4.14. The molecule has 270 valence electrons. The van der Waals surface area contributed by atoms with Crippen molar-refractivity contribution >= 4 is 34.2 Å². The molecule has 3 aromatic rings. The summed E-state index contributed by atoms with van der Waals surface area (Å²) < 4.78 is 52.8. The molecule has 1 aromatic heterocycles. The van der Waals surface area contributed by atoms with Gasteiger partial charge in [-0.05, 0) is 70.4 Å². The third kappa shape index (κ3) is 9.98. The van der Waals surface area contributed by atoms with Gasteiger partial charge < -0.3 is 29.2 Å². The standard InChI is InChI=1S/C36H44F2N4O7S/c1-35(2,13-15-39-30(44)21-47-24-7-5-23(6-8-24)25-10-12-29(43)41-33(25)45)48-18-14-36(3,4)49-32-26(9-11-27(37)31(32)38)28-22-50-34(40-28)42-16-19-46-20-17-42/h5-9,11,22,25H,10,12-21H2,1-4H3,(H,39,44)(H,41,43,45). The van der Waals surface area contributed by atoms with Crippen LogP contribution in [0, 0.1) is 11.6 Å². The van der Waals surface area contributed by atoms with Crippen LogP contribution in [0.2, 0.25) is 0 Å². The van der Waals surface area contributed by atoms with E-state index in [1.807, 2.05) is 19.2 Å². The lowest BCUT2D eigenvalue weighted by molar-refractivity contribution is -0.134. The quantitative estimate of drug-likeness (QED) is 0.200. The van der Waals surface area contributed by atoms with Gasteiger partial charge in [0.2, 0.25) is 17.6 Å². The van der Waals surface area contributed by atoms with Crippen molar-refractivity contribution in [3.05, 3.63) is 59.0 Å². The summed E-state index contributed by atoms with van der Waals surface area (Å²) in [5, 5.41) is 7.79. The molecule has 11 nitrogen and oxygen atoms in total. The monoisotopic (exact) mass is 714 g/mol. The average Bonchev–Trinajstić information content (AvgIpc) is 3.57. The number of carbonyl (C=O) groups is 3. The number of nitrogens with zero attached hydrogens (tertiary/aromatic N) is 2. The number of imide groups is 1. The van der Waals surface area contributed by atoms with Crippen LogP contribution in [0.1, 0.15) is 64.9 Å². The van der Waals surface area contributed by atoms with Crippen molar-refractivity contribution in [2.45, 2.75) is 70.5 Å². The number of thiazole rings is 1. The van der Waals surface area contributed by atoms with Crippen molar-refractivity contribution in [2.24, 2.45) is 0 Å². The second kappa shape index (κ2) is 16.3. The normalized spacial score (nSPS) is 17.0. The van der Waals surface area contributed by atoms with Crippen molar-refractivity contribution in [1.29, 1.82) is 0 Å². The van der Waals surface area contributed by atoms with E-state index < -0.39 is 22.8 Å². The molecule has 2 fully saturated rings. The van der Waals surface area contributed by atoms with Gasteiger partial charge in [0.25, 0.3) is 5.91 Å². The maximum atomic E-state index is 15.2.